The molecule has 28 heavy (non-hydrogen) atoms. The van der Waals surface area contributed by atoms with E-state index in [1.165, 1.54) is 16.4 Å². The van der Waals surface area contributed by atoms with E-state index in [0.717, 1.165) is 25.7 Å². The fourth-order valence-corrected chi connectivity index (χ4v) is 6.37. The molecule has 1 saturated heterocycles. The number of hydrogen-bond donors (Lipinski definition) is 1. The number of sulfonamides is 1. The molecule has 0 bridgehead atoms. The van der Waals surface area contributed by atoms with Crippen LogP contribution < -0.4 is 4.74 Å². The summed E-state index contributed by atoms with van der Waals surface area (Å²) in [6.07, 6.45) is 4.35. The molecule has 2 fully saturated rings. The molecule has 1 N–H and O–H groups in total. The predicted octanol–water partition coefficient (Wildman–Crippen LogP) is 3.65. The molecule has 1 atom stereocenters. The largest absolute Gasteiger partial charge is 0.489 e. The molecule has 0 amide bonds. The Bertz CT molecular complexity index is 805. The lowest BCUT2D eigenvalue weighted by molar-refractivity contribution is -0.142. The Morgan fingerprint density at radius 1 is 1.25 bits per heavy atom. The summed E-state index contributed by atoms with van der Waals surface area (Å²) in [6, 6.07) is 4.18. The second-order valence-corrected chi connectivity index (χ2v) is 10.4. The van der Waals surface area contributed by atoms with E-state index >= 15 is 0 Å². The van der Waals surface area contributed by atoms with Crippen molar-refractivity contribution in [3.63, 3.8) is 0 Å². The molecular weight excluding hydrogens is 453 g/mol. The van der Waals surface area contributed by atoms with Crippen LogP contribution in [-0.2, 0) is 14.8 Å². The van der Waals surface area contributed by atoms with Crippen LogP contribution in [0.2, 0.25) is 0 Å². The second kappa shape index (κ2) is 9.09. The van der Waals surface area contributed by atoms with Gasteiger partial charge in [-0.05, 0) is 65.7 Å². The van der Waals surface area contributed by atoms with Crippen molar-refractivity contribution >= 4 is 31.9 Å². The van der Waals surface area contributed by atoms with Gasteiger partial charge in [0.25, 0.3) is 0 Å². The van der Waals surface area contributed by atoms with Crippen LogP contribution in [0.15, 0.2) is 22.7 Å². The number of aliphatic carboxylic acids is 1. The Morgan fingerprint density at radius 2 is 1.89 bits per heavy atom. The van der Waals surface area contributed by atoms with Crippen LogP contribution in [0, 0.1) is 17.7 Å². The first-order valence-corrected chi connectivity index (χ1v) is 12.0. The quantitative estimate of drug-likeness (QED) is 0.647. The SMILES string of the molecule is O=C(O)[C@H](CS(=O)(=O)N1CCC(Oc2ccc(F)cc2Br)CC1)C1CCCC1. The Labute approximate surface area is 173 Å². The van der Waals surface area contributed by atoms with E-state index in [0.29, 0.717) is 36.2 Å². The van der Waals surface area contributed by atoms with Crippen LogP contribution in [0.1, 0.15) is 38.5 Å². The topological polar surface area (TPSA) is 83.9 Å². The first-order valence-electron chi connectivity index (χ1n) is 9.58. The van der Waals surface area contributed by atoms with Crippen molar-refractivity contribution in [1.29, 1.82) is 0 Å². The zero-order chi connectivity index (χ0) is 20.3. The summed E-state index contributed by atoms with van der Waals surface area (Å²) in [6.45, 7) is 0.589. The first-order chi connectivity index (χ1) is 13.3. The summed E-state index contributed by atoms with van der Waals surface area (Å²) in [5.41, 5.74) is 0. The van der Waals surface area contributed by atoms with Gasteiger partial charge in [-0.1, -0.05) is 12.8 Å². The summed E-state index contributed by atoms with van der Waals surface area (Å²) >= 11 is 3.26. The van der Waals surface area contributed by atoms with E-state index in [1.54, 1.807) is 6.07 Å². The molecule has 156 valence electrons. The predicted molar refractivity (Wildman–Crippen MR) is 106 cm³/mol. The number of nitrogens with zero attached hydrogens (tertiary/aromatic N) is 1. The van der Waals surface area contributed by atoms with Crippen molar-refractivity contribution < 1.29 is 27.4 Å². The zero-order valence-electron chi connectivity index (χ0n) is 15.5. The van der Waals surface area contributed by atoms with Gasteiger partial charge in [0.15, 0.2) is 0 Å². The van der Waals surface area contributed by atoms with E-state index in [1.807, 2.05) is 0 Å². The third-order valence-electron chi connectivity index (χ3n) is 5.66. The van der Waals surface area contributed by atoms with Crippen molar-refractivity contribution in [2.24, 2.45) is 11.8 Å². The first kappa shape index (κ1) is 21.5. The maximum Gasteiger partial charge on any atom is 0.307 e. The van der Waals surface area contributed by atoms with E-state index < -0.39 is 21.9 Å². The summed E-state index contributed by atoms with van der Waals surface area (Å²) in [4.78, 5) is 11.6. The lowest BCUT2D eigenvalue weighted by Gasteiger charge is -2.32. The molecule has 1 aromatic rings. The monoisotopic (exact) mass is 477 g/mol. The molecule has 1 heterocycles. The summed E-state index contributed by atoms with van der Waals surface area (Å²) in [7, 11) is -3.64. The molecule has 0 unspecified atom stereocenters. The highest BCUT2D eigenvalue weighted by atomic mass is 79.9. The van der Waals surface area contributed by atoms with Gasteiger partial charge < -0.3 is 9.84 Å². The number of halogens is 2. The van der Waals surface area contributed by atoms with Crippen LogP contribution in [-0.4, -0.2) is 48.7 Å². The number of benzene rings is 1. The molecule has 1 saturated carbocycles. The lowest BCUT2D eigenvalue weighted by atomic mass is 9.93. The van der Waals surface area contributed by atoms with Crippen molar-refractivity contribution in [2.45, 2.75) is 44.6 Å². The summed E-state index contributed by atoms with van der Waals surface area (Å²) < 4.78 is 46.5. The van der Waals surface area contributed by atoms with Gasteiger partial charge in [-0.3, -0.25) is 4.79 Å². The molecule has 1 aliphatic carbocycles. The van der Waals surface area contributed by atoms with E-state index in [2.05, 4.69) is 15.9 Å². The fourth-order valence-electron chi connectivity index (χ4n) is 4.08. The van der Waals surface area contributed by atoms with Gasteiger partial charge in [-0.15, -0.1) is 0 Å². The molecule has 0 aromatic heterocycles. The number of hydrogen-bond acceptors (Lipinski definition) is 4. The molecule has 6 nitrogen and oxygen atoms in total. The van der Waals surface area contributed by atoms with Gasteiger partial charge in [0, 0.05) is 13.1 Å². The molecule has 0 spiro atoms. The highest BCUT2D eigenvalue weighted by molar-refractivity contribution is 9.10. The van der Waals surface area contributed by atoms with Crippen LogP contribution in [0.25, 0.3) is 0 Å². The van der Waals surface area contributed by atoms with Gasteiger partial charge in [-0.2, -0.15) is 0 Å². The lowest BCUT2D eigenvalue weighted by Crippen LogP contribution is -2.45. The highest BCUT2D eigenvalue weighted by Gasteiger charge is 2.37. The number of carboxylic acids is 1. The molecule has 0 radical (unpaired) electrons. The second-order valence-electron chi connectivity index (χ2n) is 7.56. The van der Waals surface area contributed by atoms with Gasteiger partial charge >= 0.3 is 5.97 Å². The van der Waals surface area contributed by atoms with Gasteiger partial charge in [0.05, 0.1) is 16.1 Å². The normalized spacial score (nSPS) is 20.9. The Morgan fingerprint density at radius 3 is 2.46 bits per heavy atom. The minimum Gasteiger partial charge on any atom is -0.489 e. The third-order valence-corrected chi connectivity index (χ3v) is 8.21. The van der Waals surface area contributed by atoms with Crippen LogP contribution in [0.5, 0.6) is 5.75 Å². The number of ether oxygens (including phenoxy) is 1. The van der Waals surface area contributed by atoms with E-state index in [4.69, 9.17) is 4.74 Å². The van der Waals surface area contributed by atoms with Crippen LogP contribution in [0.3, 0.4) is 0 Å². The minimum absolute atomic E-state index is 0.0519. The standard InChI is InChI=1S/C19H25BrFNO5S/c20-17-11-14(21)5-6-18(17)27-15-7-9-22(10-8-15)28(25,26)12-16(19(23)24)13-3-1-2-4-13/h5-6,11,13,15-16H,1-4,7-10,12H2,(H,23,24)/t16-/m1/s1. The van der Waals surface area contributed by atoms with Crippen molar-refractivity contribution in [2.75, 3.05) is 18.8 Å². The Hall–Kier alpha value is -1.19. The van der Waals surface area contributed by atoms with E-state index in [-0.39, 0.29) is 23.6 Å². The summed E-state index contributed by atoms with van der Waals surface area (Å²) in [5.74, 6) is -2.08. The number of piperidine rings is 1. The maximum absolute atomic E-state index is 13.2. The average Bonchev–Trinajstić information content (AvgIpc) is 3.17. The van der Waals surface area contributed by atoms with Crippen molar-refractivity contribution in [1.82, 2.24) is 4.31 Å². The maximum atomic E-state index is 13.2. The van der Waals surface area contributed by atoms with Crippen molar-refractivity contribution in [3.05, 3.63) is 28.5 Å². The van der Waals surface area contributed by atoms with Gasteiger partial charge in [0.2, 0.25) is 10.0 Å². The molecule has 1 aliphatic heterocycles. The van der Waals surface area contributed by atoms with E-state index in [9.17, 15) is 22.7 Å². The Kier molecular flexibility index (Phi) is 6.98. The van der Waals surface area contributed by atoms with Gasteiger partial charge in [-0.25, -0.2) is 17.1 Å². The molecule has 9 heteroatoms. The molecule has 1 aromatic carbocycles. The Balaban J connectivity index is 1.57. The van der Waals surface area contributed by atoms with Crippen molar-refractivity contribution in [3.8, 4) is 5.75 Å². The van der Waals surface area contributed by atoms with Gasteiger partial charge in [0.1, 0.15) is 17.7 Å². The molecular formula is C19H25BrFNO5S. The smallest absolute Gasteiger partial charge is 0.307 e. The third kappa shape index (κ3) is 5.24. The number of carboxylic acid groups (broad SMARTS) is 1. The number of carbonyl (C=O) groups is 1. The minimum atomic E-state index is -3.64. The van der Waals surface area contributed by atoms with Crippen LogP contribution >= 0.6 is 15.9 Å². The van der Waals surface area contributed by atoms with Crippen LogP contribution in [0.4, 0.5) is 4.39 Å². The average molecular weight is 478 g/mol. The summed E-state index contributed by atoms with van der Waals surface area (Å²) in [5, 5.41) is 9.51. The molecule has 3 rings (SSSR count). The number of rotatable bonds is 7. The fraction of sp³-hybridized carbons (Fsp3) is 0.632. The zero-order valence-corrected chi connectivity index (χ0v) is 17.9. The highest BCUT2D eigenvalue weighted by Crippen LogP contribution is 2.33. The molecule has 2 aliphatic rings.